The summed E-state index contributed by atoms with van der Waals surface area (Å²) < 4.78 is 55.4. The van der Waals surface area contributed by atoms with Gasteiger partial charge < -0.3 is 9.12 Å². The van der Waals surface area contributed by atoms with Crippen LogP contribution < -0.4 is 4.72 Å². The van der Waals surface area contributed by atoms with E-state index in [1.165, 1.54) is 6.07 Å². The van der Waals surface area contributed by atoms with Crippen molar-refractivity contribution in [3.63, 3.8) is 0 Å². The predicted octanol–water partition coefficient (Wildman–Crippen LogP) is 2.87. The van der Waals surface area contributed by atoms with Crippen LogP contribution >= 0.6 is 0 Å². The zero-order valence-electron chi connectivity index (χ0n) is 14.4. The van der Waals surface area contributed by atoms with Crippen molar-refractivity contribution in [1.82, 2.24) is 23.8 Å². The molecule has 1 atom stereocenters. The molecule has 0 radical (unpaired) electrons. The van der Waals surface area contributed by atoms with Crippen molar-refractivity contribution in [3.8, 4) is 5.95 Å². The van der Waals surface area contributed by atoms with Gasteiger partial charge in [0.2, 0.25) is 5.95 Å². The minimum Gasteiger partial charge on any atom is -0.760 e. The second kappa shape index (κ2) is 6.43. The smallest absolute Gasteiger partial charge is 0.217 e. The van der Waals surface area contributed by atoms with Crippen LogP contribution in [0, 0.1) is 11.6 Å². The number of fused-ring (bicyclic) bond motifs is 2. The van der Waals surface area contributed by atoms with Gasteiger partial charge in [0.1, 0.15) is 11.8 Å². The first-order chi connectivity index (χ1) is 13.5. The van der Waals surface area contributed by atoms with Gasteiger partial charge in [0, 0.05) is 23.9 Å². The molecule has 1 aliphatic carbocycles. The number of rotatable bonds is 5. The van der Waals surface area contributed by atoms with E-state index >= 15 is 0 Å². The molecular formula is C18H14F2N5O2S-. The van der Waals surface area contributed by atoms with Crippen molar-refractivity contribution in [2.24, 2.45) is 0 Å². The lowest BCUT2D eigenvalue weighted by molar-refractivity contribution is 0.511. The summed E-state index contributed by atoms with van der Waals surface area (Å²) in [7, 11) is 0. The quantitative estimate of drug-likeness (QED) is 0.520. The Balaban J connectivity index is 1.66. The summed E-state index contributed by atoms with van der Waals surface area (Å²) in [5.41, 5.74) is 2.70. The van der Waals surface area contributed by atoms with E-state index in [1.54, 1.807) is 33.7 Å². The largest absolute Gasteiger partial charge is 0.760 e. The average Bonchev–Trinajstić information content (AvgIpc) is 3.31. The van der Waals surface area contributed by atoms with E-state index in [0.717, 1.165) is 30.0 Å². The Kier molecular flexibility index (Phi) is 4.00. The normalized spacial score (nSPS) is 15.5. The first kappa shape index (κ1) is 17.4. The molecule has 5 rings (SSSR count). The Bertz CT molecular complexity index is 1250. The molecule has 1 fully saturated rings. The number of hydrogen-bond donors (Lipinski definition) is 1. The van der Waals surface area contributed by atoms with Crippen molar-refractivity contribution in [3.05, 3.63) is 53.9 Å². The third-order valence-electron chi connectivity index (χ3n) is 4.86. The number of hydrogen-bond acceptors (Lipinski definition) is 4. The average molecular weight is 402 g/mol. The van der Waals surface area contributed by atoms with Gasteiger partial charge in [-0.05, 0) is 42.7 Å². The molecule has 7 nitrogen and oxygen atoms in total. The highest BCUT2D eigenvalue weighted by molar-refractivity contribution is 7.77. The van der Waals surface area contributed by atoms with E-state index in [0.29, 0.717) is 17.0 Å². The summed E-state index contributed by atoms with van der Waals surface area (Å²) >= 11 is -2.34. The number of nitrogens with zero attached hydrogens (tertiary/aromatic N) is 4. The van der Waals surface area contributed by atoms with Crippen molar-refractivity contribution in [2.45, 2.75) is 25.4 Å². The molecule has 1 N–H and O–H groups in total. The lowest BCUT2D eigenvalue weighted by Gasteiger charge is -2.10. The first-order valence-electron chi connectivity index (χ1n) is 8.68. The molecule has 1 aliphatic rings. The van der Waals surface area contributed by atoms with Crippen LogP contribution in [0.2, 0.25) is 0 Å². The Morgan fingerprint density at radius 3 is 2.79 bits per heavy atom. The van der Waals surface area contributed by atoms with E-state index in [-0.39, 0.29) is 18.1 Å². The van der Waals surface area contributed by atoms with E-state index < -0.39 is 22.9 Å². The van der Waals surface area contributed by atoms with Crippen molar-refractivity contribution >= 4 is 33.3 Å². The highest BCUT2D eigenvalue weighted by atomic mass is 32.2. The summed E-state index contributed by atoms with van der Waals surface area (Å²) in [4.78, 5) is 8.91. The molecule has 1 unspecified atom stereocenters. The molecule has 28 heavy (non-hydrogen) atoms. The number of halogens is 2. The van der Waals surface area contributed by atoms with Gasteiger partial charge in [0.25, 0.3) is 0 Å². The molecule has 144 valence electrons. The topological polar surface area (TPSA) is 87.8 Å². The molecule has 0 spiro atoms. The monoisotopic (exact) mass is 402 g/mol. The van der Waals surface area contributed by atoms with Gasteiger partial charge in [0.15, 0.2) is 11.6 Å². The van der Waals surface area contributed by atoms with Crippen LogP contribution in [0.25, 0.3) is 28.0 Å². The fourth-order valence-corrected chi connectivity index (χ4v) is 3.71. The third-order valence-corrected chi connectivity index (χ3v) is 5.24. The molecule has 2 heterocycles. The SMILES string of the molecule is O=S([O-])NCc1ccc2c(c1)ncn2-c1nc2ccc(F)c(F)c2n1C1CC1. The zero-order valence-corrected chi connectivity index (χ0v) is 15.2. The summed E-state index contributed by atoms with van der Waals surface area (Å²) in [6.07, 6.45) is 3.34. The molecule has 0 amide bonds. The molecule has 10 heteroatoms. The van der Waals surface area contributed by atoms with Crippen molar-refractivity contribution in [2.75, 3.05) is 0 Å². The Morgan fingerprint density at radius 2 is 2.04 bits per heavy atom. The van der Waals surface area contributed by atoms with Gasteiger partial charge in [-0.15, -0.1) is 0 Å². The maximum atomic E-state index is 14.5. The zero-order chi connectivity index (χ0) is 19.4. The van der Waals surface area contributed by atoms with E-state index in [2.05, 4.69) is 14.7 Å². The number of nitrogens with one attached hydrogen (secondary N) is 1. The lowest BCUT2D eigenvalue weighted by Crippen LogP contribution is -2.15. The maximum Gasteiger partial charge on any atom is 0.217 e. The van der Waals surface area contributed by atoms with E-state index in [9.17, 15) is 17.5 Å². The van der Waals surface area contributed by atoms with E-state index in [4.69, 9.17) is 0 Å². The Hall–Kier alpha value is -2.69. The van der Waals surface area contributed by atoms with Gasteiger partial charge in [0.05, 0.1) is 16.6 Å². The molecule has 0 aliphatic heterocycles. The number of aromatic nitrogens is 4. The minimum absolute atomic E-state index is 0.0734. The van der Waals surface area contributed by atoms with Crippen LogP contribution in [0.4, 0.5) is 8.78 Å². The van der Waals surface area contributed by atoms with Crippen LogP contribution in [-0.2, 0) is 17.8 Å². The van der Waals surface area contributed by atoms with Gasteiger partial charge in [-0.25, -0.2) is 23.5 Å². The molecule has 2 aromatic heterocycles. The molecule has 0 saturated heterocycles. The van der Waals surface area contributed by atoms with Crippen LogP contribution in [0.3, 0.4) is 0 Å². The van der Waals surface area contributed by atoms with Crippen LogP contribution in [-0.4, -0.2) is 27.9 Å². The molecule has 0 bridgehead atoms. The van der Waals surface area contributed by atoms with E-state index in [1.807, 2.05) is 0 Å². The molecular weight excluding hydrogens is 388 g/mol. The van der Waals surface area contributed by atoms with Crippen LogP contribution in [0.15, 0.2) is 36.7 Å². The van der Waals surface area contributed by atoms with Gasteiger partial charge in [-0.2, -0.15) is 0 Å². The molecule has 4 aromatic rings. The Labute approximate surface area is 160 Å². The lowest BCUT2D eigenvalue weighted by atomic mass is 10.2. The second-order valence-corrected chi connectivity index (χ2v) is 7.49. The summed E-state index contributed by atoms with van der Waals surface area (Å²) in [5, 5.41) is 0. The maximum absolute atomic E-state index is 14.5. The van der Waals surface area contributed by atoms with Crippen LogP contribution in [0.1, 0.15) is 24.4 Å². The fraction of sp³-hybridized carbons (Fsp3) is 0.222. The van der Waals surface area contributed by atoms with Crippen molar-refractivity contribution < 1.29 is 17.5 Å². The number of benzene rings is 2. The summed E-state index contributed by atoms with van der Waals surface area (Å²) in [6.45, 7) is 0.157. The summed E-state index contributed by atoms with van der Waals surface area (Å²) in [6, 6.07) is 7.99. The summed E-state index contributed by atoms with van der Waals surface area (Å²) in [5.74, 6) is -1.31. The molecule has 1 saturated carbocycles. The number of imidazole rings is 2. The second-order valence-electron chi connectivity index (χ2n) is 6.74. The highest BCUT2D eigenvalue weighted by Crippen LogP contribution is 2.41. The van der Waals surface area contributed by atoms with Crippen molar-refractivity contribution in [1.29, 1.82) is 0 Å². The highest BCUT2D eigenvalue weighted by Gasteiger charge is 2.31. The standard InChI is InChI=1S/C18H15F2N5O2S/c19-12-4-5-13-17(16(12)20)25(11-2-3-11)18(23-13)24-9-21-14-7-10(1-6-15(14)24)8-22-28(26)27/h1,4-7,9,11,22H,2-3,8H2,(H,26,27)/p-1. The van der Waals surface area contributed by atoms with Gasteiger partial charge >= 0.3 is 0 Å². The third kappa shape index (κ3) is 2.81. The van der Waals surface area contributed by atoms with Gasteiger partial charge in [-0.3, -0.25) is 8.78 Å². The minimum atomic E-state index is -2.34. The van der Waals surface area contributed by atoms with Gasteiger partial charge in [-0.1, -0.05) is 6.07 Å². The molecule has 2 aromatic carbocycles. The van der Waals surface area contributed by atoms with Crippen LogP contribution in [0.5, 0.6) is 0 Å². The first-order valence-corrected chi connectivity index (χ1v) is 9.75. The Morgan fingerprint density at radius 1 is 1.21 bits per heavy atom. The predicted molar refractivity (Wildman–Crippen MR) is 98.3 cm³/mol. The fourth-order valence-electron chi connectivity index (χ4n) is 3.43.